The van der Waals surface area contributed by atoms with E-state index in [0.717, 1.165) is 21.2 Å². The second-order valence-corrected chi connectivity index (χ2v) is 5.97. The molecule has 0 fully saturated rings. The highest BCUT2D eigenvalue weighted by molar-refractivity contribution is 9.10. The zero-order chi connectivity index (χ0) is 15.7. The minimum atomic E-state index is -0.0498. The van der Waals surface area contributed by atoms with Crippen molar-refractivity contribution in [3.8, 4) is 5.75 Å². The summed E-state index contributed by atoms with van der Waals surface area (Å²) in [6.45, 7) is 5.72. The van der Waals surface area contributed by atoms with Crippen LogP contribution in [0.15, 0.2) is 28.7 Å². The van der Waals surface area contributed by atoms with Gasteiger partial charge in [-0.15, -0.1) is 0 Å². The SMILES string of the molecule is COc1c(C)cc(Br)c(C)c1C(=O)c1ccc(N)cc1C. The molecule has 110 valence electrons. The summed E-state index contributed by atoms with van der Waals surface area (Å²) in [7, 11) is 1.59. The van der Waals surface area contributed by atoms with Crippen LogP contribution >= 0.6 is 15.9 Å². The standard InChI is InChI=1S/C17H18BrNO2/c1-9-7-12(19)5-6-13(9)16(20)15-11(3)14(18)8-10(2)17(15)21-4/h5-8H,19H2,1-4H3. The number of nitrogens with two attached hydrogens (primary N) is 1. The first-order valence-electron chi connectivity index (χ1n) is 6.61. The number of methoxy groups -OCH3 is 1. The third-order valence-corrected chi connectivity index (χ3v) is 4.41. The third kappa shape index (κ3) is 2.81. The van der Waals surface area contributed by atoms with E-state index in [0.29, 0.717) is 22.6 Å². The molecule has 0 saturated heterocycles. The predicted octanol–water partition coefficient (Wildman–Crippen LogP) is 4.20. The molecular formula is C17H18BrNO2. The summed E-state index contributed by atoms with van der Waals surface area (Å²) in [5.41, 5.74) is 10.3. The fourth-order valence-electron chi connectivity index (χ4n) is 2.46. The molecule has 2 aromatic carbocycles. The van der Waals surface area contributed by atoms with E-state index in [1.807, 2.05) is 26.8 Å². The second kappa shape index (κ2) is 5.90. The highest BCUT2D eigenvalue weighted by Gasteiger charge is 2.22. The first-order chi connectivity index (χ1) is 9.86. The smallest absolute Gasteiger partial charge is 0.197 e. The van der Waals surface area contributed by atoms with Crippen LogP contribution in [-0.2, 0) is 0 Å². The van der Waals surface area contributed by atoms with Gasteiger partial charge >= 0.3 is 0 Å². The van der Waals surface area contributed by atoms with E-state index in [4.69, 9.17) is 10.5 Å². The fraction of sp³-hybridized carbons (Fsp3) is 0.235. The first kappa shape index (κ1) is 15.6. The number of ketones is 1. The molecule has 4 heteroatoms. The number of aryl methyl sites for hydroxylation is 2. The minimum Gasteiger partial charge on any atom is -0.496 e. The normalized spacial score (nSPS) is 10.5. The Bertz CT molecular complexity index is 723. The number of halogens is 1. The largest absolute Gasteiger partial charge is 0.496 e. The van der Waals surface area contributed by atoms with Gasteiger partial charge < -0.3 is 10.5 Å². The molecule has 0 spiro atoms. The topological polar surface area (TPSA) is 52.3 Å². The number of anilines is 1. The lowest BCUT2D eigenvalue weighted by Gasteiger charge is -2.16. The molecule has 0 aliphatic heterocycles. The Morgan fingerprint density at radius 1 is 1.14 bits per heavy atom. The van der Waals surface area contributed by atoms with Crippen LogP contribution in [0.1, 0.15) is 32.6 Å². The van der Waals surface area contributed by atoms with Crippen LogP contribution in [0.4, 0.5) is 5.69 Å². The van der Waals surface area contributed by atoms with Crippen LogP contribution in [0.2, 0.25) is 0 Å². The van der Waals surface area contributed by atoms with Crippen molar-refractivity contribution in [3.05, 3.63) is 56.6 Å². The number of benzene rings is 2. The molecule has 21 heavy (non-hydrogen) atoms. The molecule has 0 radical (unpaired) electrons. The molecule has 0 saturated carbocycles. The van der Waals surface area contributed by atoms with Crippen molar-refractivity contribution in [2.75, 3.05) is 12.8 Å². The number of carbonyl (C=O) groups excluding carboxylic acids is 1. The van der Waals surface area contributed by atoms with Crippen molar-refractivity contribution >= 4 is 27.4 Å². The molecule has 0 heterocycles. The lowest BCUT2D eigenvalue weighted by atomic mass is 9.93. The summed E-state index contributed by atoms with van der Waals surface area (Å²) >= 11 is 3.50. The van der Waals surface area contributed by atoms with E-state index in [1.165, 1.54) is 0 Å². The van der Waals surface area contributed by atoms with E-state index < -0.39 is 0 Å². The maximum absolute atomic E-state index is 12.9. The van der Waals surface area contributed by atoms with Gasteiger partial charge in [-0.25, -0.2) is 0 Å². The van der Waals surface area contributed by atoms with Crippen molar-refractivity contribution in [1.82, 2.24) is 0 Å². The molecule has 0 unspecified atom stereocenters. The molecule has 3 nitrogen and oxygen atoms in total. The van der Waals surface area contributed by atoms with Crippen molar-refractivity contribution in [1.29, 1.82) is 0 Å². The van der Waals surface area contributed by atoms with Gasteiger partial charge in [-0.3, -0.25) is 4.79 Å². The van der Waals surface area contributed by atoms with Crippen LogP contribution in [0.25, 0.3) is 0 Å². The van der Waals surface area contributed by atoms with Crippen molar-refractivity contribution < 1.29 is 9.53 Å². The summed E-state index contributed by atoms with van der Waals surface area (Å²) in [6.07, 6.45) is 0. The molecule has 0 aliphatic rings. The monoisotopic (exact) mass is 347 g/mol. The fourth-order valence-corrected chi connectivity index (χ4v) is 3.01. The van der Waals surface area contributed by atoms with Gasteiger partial charge in [0, 0.05) is 15.7 Å². The molecule has 0 aromatic heterocycles. The van der Waals surface area contributed by atoms with Crippen LogP contribution < -0.4 is 10.5 Å². The van der Waals surface area contributed by atoms with Gasteiger partial charge in [0.05, 0.1) is 12.7 Å². The van der Waals surface area contributed by atoms with Crippen molar-refractivity contribution in [2.24, 2.45) is 0 Å². The van der Waals surface area contributed by atoms with E-state index in [1.54, 1.807) is 25.3 Å². The number of carbonyl (C=O) groups is 1. The van der Waals surface area contributed by atoms with E-state index in [2.05, 4.69) is 15.9 Å². The summed E-state index contributed by atoms with van der Waals surface area (Å²) in [5.74, 6) is 0.572. The predicted molar refractivity (Wildman–Crippen MR) is 89.2 cm³/mol. The molecule has 2 rings (SSSR count). The number of hydrogen-bond donors (Lipinski definition) is 1. The zero-order valence-electron chi connectivity index (χ0n) is 12.6. The maximum Gasteiger partial charge on any atom is 0.197 e. The molecule has 0 amide bonds. The van der Waals surface area contributed by atoms with Gasteiger partial charge in [-0.2, -0.15) is 0 Å². The Morgan fingerprint density at radius 2 is 1.81 bits per heavy atom. The van der Waals surface area contributed by atoms with Gasteiger partial charge in [0.25, 0.3) is 0 Å². The minimum absolute atomic E-state index is 0.0498. The molecule has 0 atom stereocenters. The second-order valence-electron chi connectivity index (χ2n) is 5.11. The Kier molecular flexibility index (Phi) is 4.37. The summed E-state index contributed by atoms with van der Waals surface area (Å²) in [5, 5.41) is 0. The summed E-state index contributed by atoms with van der Waals surface area (Å²) in [6, 6.07) is 7.27. The molecule has 0 aliphatic carbocycles. The summed E-state index contributed by atoms with van der Waals surface area (Å²) in [4.78, 5) is 12.9. The van der Waals surface area contributed by atoms with Crippen molar-refractivity contribution in [2.45, 2.75) is 20.8 Å². The quantitative estimate of drug-likeness (QED) is 0.668. The van der Waals surface area contributed by atoms with E-state index >= 15 is 0 Å². The molecule has 2 N–H and O–H groups in total. The average molecular weight is 348 g/mol. The van der Waals surface area contributed by atoms with Gasteiger partial charge in [-0.05, 0) is 61.7 Å². The highest BCUT2D eigenvalue weighted by Crippen LogP contribution is 2.34. The zero-order valence-corrected chi connectivity index (χ0v) is 14.2. The lowest BCUT2D eigenvalue weighted by Crippen LogP contribution is -2.10. The first-order valence-corrected chi connectivity index (χ1v) is 7.40. The van der Waals surface area contributed by atoms with Crippen molar-refractivity contribution in [3.63, 3.8) is 0 Å². The van der Waals surface area contributed by atoms with Gasteiger partial charge in [-0.1, -0.05) is 15.9 Å². The Morgan fingerprint density at radius 3 is 2.38 bits per heavy atom. The number of rotatable bonds is 3. The highest BCUT2D eigenvalue weighted by atomic mass is 79.9. The van der Waals surface area contributed by atoms with Crippen LogP contribution in [0, 0.1) is 20.8 Å². The summed E-state index contributed by atoms with van der Waals surface area (Å²) < 4.78 is 6.35. The Hall–Kier alpha value is -1.81. The third-order valence-electron chi connectivity index (χ3n) is 3.59. The van der Waals surface area contributed by atoms with E-state index in [9.17, 15) is 4.79 Å². The average Bonchev–Trinajstić information content (AvgIpc) is 2.41. The van der Waals surface area contributed by atoms with Gasteiger partial charge in [0.2, 0.25) is 0 Å². The van der Waals surface area contributed by atoms with Crippen LogP contribution in [-0.4, -0.2) is 12.9 Å². The Balaban J connectivity index is 2.68. The lowest BCUT2D eigenvalue weighted by molar-refractivity contribution is 0.103. The molecule has 0 bridgehead atoms. The number of nitrogen functional groups attached to an aromatic ring is 1. The van der Waals surface area contributed by atoms with E-state index in [-0.39, 0.29) is 5.78 Å². The molecule has 2 aromatic rings. The molecular weight excluding hydrogens is 330 g/mol. The van der Waals surface area contributed by atoms with Crippen LogP contribution in [0.3, 0.4) is 0 Å². The van der Waals surface area contributed by atoms with Gasteiger partial charge in [0.15, 0.2) is 5.78 Å². The Labute approximate surface area is 133 Å². The maximum atomic E-state index is 12.9. The number of ether oxygens (including phenoxy) is 1. The number of hydrogen-bond acceptors (Lipinski definition) is 3. The van der Waals surface area contributed by atoms with Crippen LogP contribution in [0.5, 0.6) is 5.75 Å². The van der Waals surface area contributed by atoms with Gasteiger partial charge in [0.1, 0.15) is 5.75 Å².